The second-order valence-electron chi connectivity index (χ2n) is 4.58. The van der Waals surface area contributed by atoms with E-state index >= 15 is 0 Å². The third kappa shape index (κ3) is 2.93. The molecule has 1 aromatic carbocycles. The minimum Gasteiger partial charge on any atom is -0.492 e. The predicted molar refractivity (Wildman–Crippen MR) is 71.7 cm³/mol. The van der Waals surface area contributed by atoms with Gasteiger partial charge >= 0.3 is 0 Å². The van der Waals surface area contributed by atoms with Crippen LogP contribution in [0.4, 0.5) is 0 Å². The second-order valence-corrected chi connectivity index (χ2v) is 5.44. The summed E-state index contributed by atoms with van der Waals surface area (Å²) in [6, 6.07) is 4.09. The van der Waals surface area contributed by atoms with Gasteiger partial charge < -0.3 is 15.2 Å². The van der Waals surface area contributed by atoms with Crippen LogP contribution in [-0.4, -0.2) is 19.3 Å². The van der Waals surface area contributed by atoms with E-state index in [9.17, 15) is 0 Å². The van der Waals surface area contributed by atoms with Gasteiger partial charge in [0, 0.05) is 5.54 Å². The Bertz CT molecular complexity index is 416. The standard InChI is InChI=1S/C13H18BrNO2/c1-3-17-11-7-9(8-13(15)4-5-13)6-10(14)12(11)16-2/h6-7H,3-5,8,15H2,1-2H3. The fourth-order valence-electron chi connectivity index (χ4n) is 1.93. The zero-order valence-electron chi connectivity index (χ0n) is 10.3. The van der Waals surface area contributed by atoms with Crippen molar-refractivity contribution in [3.63, 3.8) is 0 Å². The lowest BCUT2D eigenvalue weighted by atomic mass is 10.0. The van der Waals surface area contributed by atoms with E-state index in [0.717, 1.165) is 35.2 Å². The first-order valence-corrected chi connectivity index (χ1v) is 6.65. The lowest BCUT2D eigenvalue weighted by molar-refractivity contribution is 0.309. The zero-order valence-corrected chi connectivity index (χ0v) is 11.8. The summed E-state index contributed by atoms with van der Waals surface area (Å²) < 4.78 is 11.8. The van der Waals surface area contributed by atoms with Gasteiger partial charge in [-0.2, -0.15) is 0 Å². The number of methoxy groups -OCH3 is 1. The fourth-order valence-corrected chi connectivity index (χ4v) is 2.58. The van der Waals surface area contributed by atoms with Gasteiger partial charge in [0.25, 0.3) is 0 Å². The molecule has 3 nitrogen and oxygen atoms in total. The first-order chi connectivity index (χ1) is 8.08. The molecule has 0 spiro atoms. The van der Waals surface area contributed by atoms with E-state index in [1.165, 1.54) is 5.56 Å². The summed E-state index contributed by atoms with van der Waals surface area (Å²) in [6.45, 7) is 2.59. The molecule has 0 amide bonds. The largest absolute Gasteiger partial charge is 0.492 e. The fraction of sp³-hybridized carbons (Fsp3) is 0.538. The topological polar surface area (TPSA) is 44.5 Å². The SMILES string of the molecule is CCOc1cc(CC2(N)CC2)cc(Br)c1OC. The minimum atomic E-state index is 0.0114. The Hall–Kier alpha value is -0.740. The lowest BCUT2D eigenvalue weighted by Gasteiger charge is -2.15. The van der Waals surface area contributed by atoms with E-state index in [0.29, 0.717) is 6.61 Å². The van der Waals surface area contributed by atoms with Crippen LogP contribution in [0.25, 0.3) is 0 Å². The molecule has 17 heavy (non-hydrogen) atoms. The molecule has 0 heterocycles. The summed E-state index contributed by atoms with van der Waals surface area (Å²) in [5.41, 5.74) is 7.34. The molecule has 0 aliphatic heterocycles. The Morgan fingerprint density at radius 1 is 1.41 bits per heavy atom. The van der Waals surface area contributed by atoms with E-state index in [4.69, 9.17) is 15.2 Å². The molecule has 0 saturated heterocycles. The molecule has 94 valence electrons. The van der Waals surface area contributed by atoms with Crippen molar-refractivity contribution < 1.29 is 9.47 Å². The molecule has 1 aliphatic carbocycles. The van der Waals surface area contributed by atoms with Crippen molar-refractivity contribution in [1.82, 2.24) is 0 Å². The molecule has 1 aromatic rings. The van der Waals surface area contributed by atoms with E-state index < -0.39 is 0 Å². The molecule has 0 radical (unpaired) electrons. The van der Waals surface area contributed by atoms with Gasteiger partial charge in [-0.1, -0.05) is 0 Å². The molecular weight excluding hydrogens is 282 g/mol. The lowest BCUT2D eigenvalue weighted by Crippen LogP contribution is -2.24. The normalized spacial score (nSPS) is 16.7. The van der Waals surface area contributed by atoms with Crippen molar-refractivity contribution >= 4 is 15.9 Å². The third-order valence-electron chi connectivity index (χ3n) is 3.02. The van der Waals surface area contributed by atoms with Crippen LogP contribution < -0.4 is 15.2 Å². The number of hydrogen-bond acceptors (Lipinski definition) is 3. The summed E-state index contributed by atoms with van der Waals surface area (Å²) in [6.07, 6.45) is 3.12. The van der Waals surface area contributed by atoms with E-state index in [-0.39, 0.29) is 5.54 Å². The van der Waals surface area contributed by atoms with Gasteiger partial charge in [-0.05, 0) is 59.8 Å². The van der Waals surface area contributed by atoms with E-state index in [1.807, 2.05) is 13.0 Å². The molecule has 0 aromatic heterocycles. The maximum atomic E-state index is 6.14. The molecule has 1 aliphatic rings. The van der Waals surface area contributed by atoms with Gasteiger partial charge in [0.1, 0.15) is 0 Å². The van der Waals surface area contributed by atoms with Gasteiger partial charge in [-0.3, -0.25) is 0 Å². The van der Waals surface area contributed by atoms with Gasteiger partial charge in [0.15, 0.2) is 11.5 Å². The van der Waals surface area contributed by atoms with Crippen molar-refractivity contribution in [3.8, 4) is 11.5 Å². The summed E-state index contributed by atoms with van der Waals surface area (Å²) in [4.78, 5) is 0. The smallest absolute Gasteiger partial charge is 0.174 e. The molecule has 0 unspecified atom stereocenters. The number of halogens is 1. The summed E-state index contributed by atoms with van der Waals surface area (Å²) >= 11 is 3.51. The summed E-state index contributed by atoms with van der Waals surface area (Å²) in [5.74, 6) is 1.53. The molecule has 0 bridgehead atoms. The van der Waals surface area contributed by atoms with Gasteiger partial charge in [-0.25, -0.2) is 0 Å². The number of ether oxygens (including phenoxy) is 2. The zero-order chi connectivity index (χ0) is 12.5. The van der Waals surface area contributed by atoms with Crippen LogP contribution >= 0.6 is 15.9 Å². The maximum Gasteiger partial charge on any atom is 0.174 e. The molecule has 0 atom stereocenters. The Balaban J connectivity index is 2.28. The molecule has 2 N–H and O–H groups in total. The number of rotatable bonds is 5. The Morgan fingerprint density at radius 2 is 2.12 bits per heavy atom. The van der Waals surface area contributed by atoms with Crippen LogP contribution in [0.1, 0.15) is 25.3 Å². The Morgan fingerprint density at radius 3 is 2.65 bits per heavy atom. The molecule has 2 rings (SSSR count). The van der Waals surface area contributed by atoms with Gasteiger partial charge in [0.05, 0.1) is 18.2 Å². The second kappa shape index (κ2) is 4.86. The highest BCUT2D eigenvalue weighted by atomic mass is 79.9. The van der Waals surface area contributed by atoms with E-state index in [2.05, 4.69) is 22.0 Å². The molecule has 1 saturated carbocycles. The average molecular weight is 300 g/mol. The van der Waals surface area contributed by atoms with Crippen molar-refractivity contribution in [2.24, 2.45) is 5.73 Å². The molecule has 1 fully saturated rings. The van der Waals surface area contributed by atoms with E-state index in [1.54, 1.807) is 7.11 Å². The highest BCUT2D eigenvalue weighted by molar-refractivity contribution is 9.10. The van der Waals surface area contributed by atoms with Gasteiger partial charge in [-0.15, -0.1) is 0 Å². The highest BCUT2D eigenvalue weighted by Crippen LogP contribution is 2.40. The third-order valence-corrected chi connectivity index (χ3v) is 3.61. The van der Waals surface area contributed by atoms with Crippen LogP contribution in [0.2, 0.25) is 0 Å². The van der Waals surface area contributed by atoms with Crippen LogP contribution in [0.15, 0.2) is 16.6 Å². The molecular formula is C13H18BrNO2. The van der Waals surface area contributed by atoms with Crippen molar-refractivity contribution in [1.29, 1.82) is 0 Å². The molecule has 4 heteroatoms. The Labute approximate surface area is 110 Å². The monoisotopic (exact) mass is 299 g/mol. The highest BCUT2D eigenvalue weighted by Gasteiger charge is 2.38. The number of benzene rings is 1. The first-order valence-electron chi connectivity index (χ1n) is 5.86. The van der Waals surface area contributed by atoms with Crippen molar-refractivity contribution in [2.45, 2.75) is 31.7 Å². The van der Waals surface area contributed by atoms with Crippen LogP contribution in [0, 0.1) is 0 Å². The average Bonchev–Trinajstić information content (AvgIpc) is 2.96. The number of hydrogen-bond donors (Lipinski definition) is 1. The van der Waals surface area contributed by atoms with Crippen LogP contribution in [-0.2, 0) is 6.42 Å². The van der Waals surface area contributed by atoms with Gasteiger partial charge in [0.2, 0.25) is 0 Å². The minimum absolute atomic E-state index is 0.0114. The Kier molecular flexibility index (Phi) is 3.64. The van der Waals surface area contributed by atoms with Crippen molar-refractivity contribution in [2.75, 3.05) is 13.7 Å². The van der Waals surface area contributed by atoms with Crippen LogP contribution in [0.3, 0.4) is 0 Å². The summed E-state index contributed by atoms with van der Waals surface area (Å²) in [5, 5.41) is 0. The predicted octanol–water partition coefficient (Wildman–Crippen LogP) is 2.89. The quantitative estimate of drug-likeness (QED) is 0.909. The van der Waals surface area contributed by atoms with Crippen LogP contribution in [0.5, 0.6) is 11.5 Å². The van der Waals surface area contributed by atoms with Crippen molar-refractivity contribution in [3.05, 3.63) is 22.2 Å². The number of nitrogens with two attached hydrogens (primary N) is 1. The summed E-state index contributed by atoms with van der Waals surface area (Å²) in [7, 11) is 1.65. The first kappa shape index (κ1) is 12.7. The maximum absolute atomic E-state index is 6.14.